The van der Waals surface area contributed by atoms with Crippen LogP contribution in [0.3, 0.4) is 0 Å². The molecule has 1 heterocycles. The molecule has 0 aromatic heterocycles. The summed E-state index contributed by atoms with van der Waals surface area (Å²) in [4.78, 5) is 15.4. The van der Waals surface area contributed by atoms with Gasteiger partial charge in [0.15, 0.2) is 0 Å². The summed E-state index contributed by atoms with van der Waals surface area (Å²) in [7, 11) is 0. The highest BCUT2D eigenvalue weighted by Gasteiger charge is 2.22. The number of rotatable bonds is 6. The monoisotopic (exact) mass is 301 g/mol. The lowest BCUT2D eigenvalue weighted by atomic mass is 10.0. The summed E-state index contributed by atoms with van der Waals surface area (Å²) in [5.41, 5.74) is 1.88. The normalized spacial score (nSPS) is 17.8. The summed E-state index contributed by atoms with van der Waals surface area (Å²) in [6.07, 6.45) is 1.98. The highest BCUT2D eigenvalue weighted by atomic mass is 35.5. The minimum absolute atomic E-state index is 0.0232. The third-order valence-corrected chi connectivity index (χ3v) is 3.42. The number of carbonyl (C=O) groups excluding carboxylic acids is 1. The number of hydrogen-bond acceptors (Lipinski definition) is 4. The van der Waals surface area contributed by atoms with E-state index in [1.54, 1.807) is 12.1 Å². The van der Waals surface area contributed by atoms with E-state index in [-0.39, 0.29) is 6.10 Å². The van der Waals surface area contributed by atoms with Crippen LogP contribution in [0.5, 0.6) is 0 Å². The SMILES string of the molecule is O=COCCC1=NOC(Cc2ccc(Cl)cc2Cl)C1. The molecule has 0 amide bonds. The molecule has 1 aliphatic heterocycles. The van der Waals surface area contributed by atoms with Gasteiger partial charge in [-0.05, 0) is 17.7 Å². The largest absolute Gasteiger partial charge is 0.467 e. The number of halogens is 2. The Balaban J connectivity index is 1.84. The molecule has 0 bridgehead atoms. The van der Waals surface area contributed by atoms with Crippen molar-refractivity contribution in [3.05, 3.63) is 33.8 Å². The first-order valence-corrected chi connectivity index (χ1v) is 6.65. The van der Waals surface area contributed by atoms with Crippen LogP contribution in [0.1, 0.15) is 18.4 Å². The molecule has 1 aromatic carbocycles. The average molecular weight is 302 g/mol. The maximum atomic E-state index is 10.0. The first-order chi connectivity index (χ1) is 9.19. The van der Waals surface area contributed by atoms with Gasteiger partial charge in [0.1, 0.15) is 6.10 Å². The molecule has 0 aliphatic carbocycles. The van der Waals surface area contributed by atoms with Crippen molar-refractivity contribution < 1.29 is 14.4 Å². The van der Waals surface area contributed by atoms with Crippen LogP contribution in [-0.2, 0) is 20.8 Å². The van der Waals surface area contributed by atoms with Gasteiger partial charge in [0.05, 0.1) is 12.3 Å². The summed E-state index contributed by atoms with van der Waals surface area (Å²) in [5.74, 6) is 0. The molecule has 6 heteroatoms. The van der Waals surface area contributed by atoms with Crippen molar-refractivity contribution in [3.63, 3.8) is 0 Å². The van der Waals surface area contributed by atoms with Crippen molar-refractivity contribution >= 4 is 35.4 Å². The molecular weight excluding hydrogens is 289 g/mol. The molecule has 2 rings (SSSR count). The second-order valence-electron chi connectivity index (χ2n) is 4.25. The van der Waals surface area contributed by atoms with E-state index < -0.39 is 0 Å². The molecular formula is C13H13Cl2NO3. The summed E-state index contributed by atoms with van der Waals surface area (Å²) in [6, 6.07) is 5.41. The molecule has 19 heavy (non-hydrogen) atoms. The number of oxime groups is 1. The standard InChI is InChI=1S/C13H13Cl2NO3/c14-10-2-1-9(13(15)6-10)5-12-7-11(16-19-12)3-4-18-8-17/h1-2,6,8,12H,3-5,7H2. The summed E-state index contributed by atoms with van der Waals surface area (Å²) in [6.45, 7) is 0.765. The van der Waals surface area contributed by atoms with Crippen LogP contribution in [-0.4, -0.2) is 24.9 Å². The van der Waals surface area contributed by atoms with Gasteiger partial charge in [-0.3, -0.25) is 4.79 Å². The molecule has 102 valence electrons. The van der Waals surface area contributed by atoms with Crippen LogP contribution in [0.4, 0.5) is 0 Å². The van der Waals surface area contributed by atoms with Crippen LogP contribution in [0.2, 0.25) is 10.0 Å². The number of nitrogens with zero attached hydrogens (tertiary/aromatic N) is 1. The van der Waals surface area contributed by atoms with Crippen LogP contribution < -0.4 is 0 Å². The molecule has 0 saturated carbocycles. The fourth-order valence-corrected chi connectivity index (χ4v) is 2.39. The molecule has 0 saturated heterocycles. The second kappa shape index (κ2) is 6.78. The molecule has 0 spiro atoms. The van der Waals surface area contributed by atoms with Crippen molar-refractivity contribution in [1.82, 2.24) is 0 Å². The first-order valence-electron chi connectivity index (χ1n) is 5.90. The van der Waals surface area contributed by atoms with E-state index in [0.29, 0.717) is 36.0 Å². The molecule has 0 radical (unpaired) electrons. The van der Waals surface area contributed by atoms with Gasteiger partial charge in [0.25, 0.3) is 6.47 Å². The van der Waals surface area contributed by atoms with Crippen LogP contribution in [0, 0.1) is 0 Å². The van der Waals surface area contributed by atoms with Crippen molar-refractivity contribution in [3.8, 4) is 0 Å². The number of carbonyl (C=O) groups is 1. The number of hydrogen-bond donors (Lipinski definition) is 0. The van der Waals surface area contributed by atoms with Gasteiger partial charge in [0, 0.05) is 29.3 Å². The molecule has 1 aliphatic rings. The number of benzene rings is 1. The predicted molar refractivity (Wildman–Crippen MR) is 73.7 cm³/mol. The predicted octanol–water partition coefficient (Wildman–Crippen LogP) is 3.24. The highest BCUT2D eigenvalue weighted by molar-refractivity contribution is 6.35. The van der Waals surface area contributed by atoms with Crippen molar-refractivity contribution in [2.75, 3.05) is 6.61 Å². The Morgan fingerprint density at radius 1 is 1.47 bits per heavy atom. The van der Waals surface area contributed by atoms with Gasteiger partial charge >= 0.3 is 0 Å². The maximum Gasteiger partial charge on any atom is 0.293 e. The zero-order valence-corrected chi connectivity index (χ0v) is 11.7. The molecule has 0 fully saturated rings. The van der Waals surface area contributed by atoms with Gasteiger partial charge in [-0.1, -0.05) is 34.4 Å². The van der Waals surface area contributed by atoms with Crippen molar-refractivity contribution in [1.29, 1.82) is 0 Å². The highest BCUT2D eigenvalue weighted by Crippen LogP contribution is 2.25. The van der Waals surface area contributed by atoms with Crippen molar-refractivity contribution in [2.45, 2.75) is 25.4 Å². The Morgan fingerprint density at radius 3 is 3.05 bits per heavy atom. The van der Waals surface area contributed by atoms with Crippen LogP contribution in [0.15, 0.2) is 23.4 Å². The Morgan fingerprint density at radius 2 is 2.32 bits per heavy atom. The van der Waals surface area contributed by atoms with Crippen molar-refractivity contribution in [2.24, 2.45) is 5.16 Å². The van der Waals surface area contributed by atoms with E-state index in [9.17, 15) is 4.79 Å². The van der Waals surface area contributed by atoms with Gasteiger partial charge in [0.2, 0.25) is 0 Å². The topological polar surface area (TPSA) is 47.9 Å². The zero-order valence-electron chi connectivity index (χ0n) is 10.1. The van der Waals surface area contributed by atoms with Gasteiger partial charge in [-0.25, -0.2) is 0 Å². The summed E-state index contributed by atoms with van der Waals surface area (Å²) in [5, 5.41) is 5.23. The zero-order chi connectivity index (χ0) is 13.7. The minimum Gasteiger partial charge on any atom is -0.467 e. The van der Waals surface area contributed by atoms with E-state index in [1.807, 2.05) is 6.07 Å². The Bertz CT molecular complexity index is 491. The van der Waals surface area contributed by atoms with Crippen LogP contribution >= 0.6 is 23.2 Å². The Hall–Kier alpha value is -1.26. The molecule has 1 unspecified atom stereocenters. The van der Waals surface area contributed by atoms with Crippen LogP contribution in [0.25, 0.3) is 0 Å². The first kappa shape index (κ1) is 14.2. The molecule has 1 atom stereocenters. The Kier molecular flexibility index (Phi) is 5.05. The second-order valence-corrected chi connectivity index (χ2v) is 5.09. The van der Waals surface area contributed by atoms with E-state index in [1.165, 1.54) is 0 Å². The fraction of sp³-hybridized carbons (Fsp3) is 0.385. The minimum atomic E-state index is -0.0232. The van der Waals surface area contributed by atoms with E-state index in [4.69, 9.17) is 28.0 Å². The lowest BCUT2D eigenvalue weighted by Crippen LogP contribution is -2.12. The third kappa shape index (κ3) is 4.11. The van der Waals surface area contributed by atoms with E-state index in [2.05, 4.69) is 9.89 Å². The summed E-state index contributed by atoms with van der Waals surface area (Å²) < 4.78 is 4.63. The summed E-state index contributed by atoms with van der Waals surface area (Å²) >= 11 is 12.0. The quantitative estimate of drug-likeness (QED) is 0.598. The molecule has 4 nitrogen and oxygen atoms in total. The fourth-order valence-electron chi connectivity index (χ4n) is 1.90. The lowest BCUT2D eigenvalue weighted by Gasteiger charge is -2.09. The smallest absolute Gasteiger partial charge is 0.293 e. The van der Waals surface area contributed by atoms with Gasteiger partial charge < -0.3 is 9.57 Å². The third-order valence-electron chi connectivity index (χ3n) is 2.83. The molecule has 1 aromatic rings. The maximum absolute atomic E-state index is 10.0. The molecule has 0 N–H and O–H groups in total. The van der Waals surface area contributed by atoms with Gasteiger partial charge in [-0.15, -0.1) is 0 Å². The Labute approximate surface area is 121 Å². The average Bonchev–Trinajstić information content (AvgIpc) is 2.81. The number of ether oxygens (including phenoxy) is 1. The van der Waals surface area contributed by atoms with E-state index in [0.717, 1.165) is 17.7 Å². The lowest BCUT2D eigenvalue weighted by molar-refractivity contribution is -0.128. The van der Waals surface area contributed by atoms with Gasteiger partial charge in [-0.2, -0.15) is 0 Å². The van der Waals surface area contributed by atoms with E-state index >= 15 is 0 Å².